The summed E-state index contributed by atoms with van der Waals surface area (Å²) in [5.41, 5.74) is 7.22. The highest BCUT2D eigenvalue weighted by Crippen LogP contribution is 2.25. The van der Waals surface area contributed by atoms with Crippen LogP contribution in [0.4, 0.5) is 4.39 Å². The Bertz CT molecular complexity index is 1120. The van der Waals surface area contributed by atoms with Crippen molar-refractivity contribution in [3.8, 4) is 11.1 Å². The van der Waals surface area contributed by atoms with Crippen LogP contribution in [-0.2, 0) is 19.3 Å². The monoisotopic (exact) mass is 428 g/mol. The van der Waals surface area contributed by atoms with Crippen molar-refractivity contribution in [3.05, 3.63) is 130 Å². The summed E-state index contributed by atoms with van der Waals surface area (Å²) in [4.78, 5) is 0. The van der Waals surface area contributed by atoms with E-state index in [1.165, 1.54) is 28.3 Å². The Kier molecular flexibility index (Phi) is 6.84. The predicted molar refractivity (Wildman–Crippen MR) is 129 cm³/mol. The van der Waals surface area contributed by atoms with Crippen LogP contribution in [0.2, 0.25) is 5.02 Å². The van der Waals surface area contributed by atoms with Gasteiger partial charge in [0.2, 0.25) is 0 Å². The predicted octanol–water partition coefficient (Wildman–Crippen LogP) is 8.28. The maximum atomic E-state index is 13.7. The first kappa shape index (κ1) is 21.3. The molecule has 4 rings (SSSR count). The van der Waals surface area contributed by atoms with Crippen LogP contribution >= 0.6 is 11.6 Å². The average Bonchev–Trinajstić information content (AvgIpc) is 2.81. The lowest BCUT2D eigenvalue weighted by molar-refractivity contribution is 0.629. The summed E-state index contributed by atoms with van der Waals surface area (Å²) in [5.74, 6) is 0.129. The third kappa shape index (κ3) is 5.62. The highest BCUT2D eigenvalue weighted by molar-refractivity contribution is 6.30. The zero-order valence-electron chi connectivity index (χ0n) is 17.7. The van der Waals surface area contributed by atoms with Crippen LogP contribution in [0, 0.1) is 5.82 Å². The maximum Gasteiger partial charge on any atom is 0.142 e. The fourth-order valence-electron chi connectivity index (χ4n) is 3.92. The van der Waals surface area contributed by atoms with Crippen LogP contribution in [0.25, 0.3) is 11.1 Å². The minimum Gasteiger partial charge on any atom is -0.205 e. The Morgan fingerprint density at radius 3 is 1.84 bits per heavy atom. The summed E-state index contributed by atoms with van der Waals surface area (Å²) < 4.78 is 13.7. The van der Waals surface area contributed by atoms with Gasteiger partial charge in [0.25, 0.3) is 0 Å². The molecule has 2 heteroatoms. The first-order chi connectivity index (χ1) is 15.1. The fraction of sp³-hybridized carbons (Fsp3) is 0.172. The molecule has 31 heavy (non-hydrogen) atoms. The summed E-state index contributed by atoms with van der Waals surface area (Å²) in [6.07, 6.45) is 3.04. The first-order valence-electron chi connectivity index (χ1n) is 10.8. The number of aryl methyl sites for hydroxylation is 2. The van der Waals surface area contributed by atoms with Gasteiger partial charge < -0.3 is 0 Å². The third-order valence-corrected chi connectivity index (χ3v) is 6.15. The van der Waals surface area contributed by atoms with Crippen molar-refractivity contribution < 1.29 is 4.39 Å². The molecule has 1 atom stereocenters. The molecule has 0 saturated carbocycles. The van der Waals surface area contributed by atoms with Crippen LogP contribution in [0.1, 0.15) is 35.1 Å². The SMILES string of the molecule is CC(Cc1ccc(CCc2ccc(-c3ccc(Cl)c(F)c3)cc2)cc1)c1ccccc1. The molecule has 0 spiro atoms. The van der Waals surface area contributed by atoms with E-state index in [9.17, 15) is 4.39 Å². The molecule has 4 aromatic carbocycles. The van der Waals surface area contributed by atoms with Crippen LogP contribution in [0.5, 0.6) is 0 Å². The molecule has 0 aliphatic rings. The van der Waals surface area contributed by atoms with Crippen molar-refractivity contribution in [2.24, 2.45) is 0 Å². The molecule has 0 radical (unpaired) electrons. The van der Waals surface area contributed by atoms with E-state index in [2.05, 4.69) is 73.7 Å². The molecule has 0 amide bonds. The van der Waals surface area contributed by atoms with Crippen molar-refractivity contribution in [1.82, 2.24) is 0 Å². The smallest absolute Gasteiger partial charge is 0.142 e. The summed E-state index contributed by atoms with van der Waals surface area (Å²) in [6, 6.07) is 33.0. The van der Waals surface area contributed by atoms with Gasteiger partial charge in [0.15, 0.2) is 0 Å². The number of benzene rings is 4. The molecule has 0 bridgehead atoms. The van der Waals surface area contributed by atoms with Gasteiger partial charge in [0, 0.05) is 0 Å². The largest absolute Gasteiger partial charge is 0.205 e. The van der Waals surface area contributed by atoms with E-state index in [0.717, 1.165) is 30.4 Å². The van der Waals surface area contributed by atoms with Gasteiger partial charge in [-0.3, -0.25) is 0 Å². The van der Waals surface area contributed by atoms with Gasteiger partial charge in [-0.1, -0.05) is 103 Å². The highest BCUT2D eigenvalue weighted by atomic mass is 35.5. The van der Waals surface area contributed by atoms with Crippen molar-refractivity contribution in [2.75, 3.05) is 0 Å². The van der Waals surface area contributed by atoms with E-state index in [4.69, 9.17) is 11.6 Å². The second-order valence-electron chi connectivity index (χ2n) is 8.16. The van der Waals surface area contributed by atoms with Gasteiger partial charge in [-0.15, -0.1) is 0 Å². The Balaban J connectivity index is 1.33. The van der Waals surface area contributed by atoms with E-state index in [0.29, 0.717) is 5.92 Å². The first-order valence-corrected chi connectivity index (χ1v) is 11.1. The second-order valence-corrected chi connectivity index (χ2v) is 8.57. The lowest BCUT2D eigenvalue weighted by Crippen LogP contribution is -1.99. The normalized spacial score (nSPS) is 12.0. The summed E-state index contributed by atoms with van der Waals surface area (Å²) in [6.45, 7) is 2.28. The minimum absolute atomic E-state index is 0.154. The van der Waals surface area contributed by atoms with Gasteiger partial charge in [-0.2, -0.15) is 0 Å². The molecule has 0 fully saturated rings. The summed E-state index contributed by atoms with van der Waals surface area (Å²) in [5, 5.41) is 0.154. The van der Waals surface area contributed by atoms with E-state index < -0.39 is 0 Å². The Morgan fingerprint density at radius 1 is 0.677 bits per heavy atom. The molecule has 0 nitrogen and oxygen atoms in total. The molecule has 0 aromatic heterocycles. The van der Waals surface area contributed by atoms with Gasteiger partial charge in [-0.25, -0.2) is 4.39 Å². The standard InChI is InChI=1S/C29H26ClF/c1-21(25-5-3-2-4-6-25)19-24-11-9-22(10-12-24)7-8-23-13-15-26(16-14-23)27-17-18-28(30)29(31)20-27/h2-6,9-18,20-21H,7-8,19H2,1H3. The van der Waals surface area contributed by atoms with Gasteiger partial charge in [0.05, 0.1) is 5.02 Å². The lowest BCUT2D eigenvalue weighted by atomic mass is 9.93. The number of hydrogen-bond acceptors (Lipinski definition) is 0. The van der Waals surface area contributed by atoms with Crippen molar-refractivity contribution in [1.29, 1.82) is 0 Å². The number of hydrogen-bond donors (Lipinski definition) is 0. The van der Waals surface area contributed by atoms with Crippen LogP contribution in [-0.4, -0.2) is 0 Å². The van der Waals surface area contributed by atoms with Crippen LogP contribution < -0.4 is 0 Å². The number of rotatable bonds is 7. The molecule has 0 heterocycles. The molecule has 1 unspecified atom stereocenters. The zero-order chi connectivity index (χ0) is 21.6. The molecule has 0 aliphatic heterocycles. The minimum atomic E-state index is -0.384. The Hall–Kier alpha value is -2.90. The van der Waals surface area contributed by atoms with Crippen LogP contribution in [0.3, 0.4) is 0 Å². The molecule has 4 aromatic rings. The van der Waals surface area contributed by atoms with Gasteiger partial charge in [0.1, 0.15) is 5.82 Å². The summed E-state index contributed by atoms with van der Waals surface area (Å²) in [7, 11) is 0. The number of halogens is 2. The van der Waals surface area contributed by atoms with Crippen molar-refractivity contribution in [2.45, 2.75) is 32.1 Å². The Labute approximate surface area is 189 Å². The topological polar surface area (TPSA) is 0 Å². The average molecular weight is 429 g/mol. The highest BCUT2D eigenvalue weighted by Gasteiger charge is 2.07. The quantitative estimate of drug-likeness (QED) is 0.278. The lowest BCUT2D eigenvalue weighted by Gasteiger charge is -2.12. The molecule has 156 valence electrons. The molecular formula is C29H26ClF. The van der Waals surface area contributed by atoms with Crippen LogP contribution in [0.15, 0.2) is 97.1 Å². The third-order valence-electron chi connectivity index (χ3n) is 5.84. The Morgan fingerprint density at radius 2 is 1.23 bits per heavy atom. The van der Waals surface area contributed by atoms with E-state index in [-0.39, 0.29) is 10.8 Å². The van der Waals surface area contributed by atoms with Gasteiger partial charge in [-0.05, 0) is 70.7 Å². The second kappa shape index (κ2) is 9.94. The van der Waals surface area contributed by atoms with E-state index in [1.54, 1.807) is 6.07 Å². The van der Waals surface area contributed by atoms with E-state index in [1.807, 2.05) is 18.2 Å². The maximum absolute atomic E-state index is 13.7. The molecule has 0 N–H and O–H groups in total. The van der Waals surface area contributed by atoms with E-state index >= 15 is 0 Å². The molecule has 0 saturated heterocycles. The van der Waals surface area contributed by atoms with Crippen molar-refractivity contribution in [3.63, 3.8) is 0 Å². The van der Waals surface area contributed by atoms with Crippen molar-refractivity contribution >= 4 is 11.6 Å². The zero-order valence-corrected chi connectivity index (χ0v) is 18.4. The fourth-order valence-corrected chi connectivity index (χ4v) is 4.04. The van der Waals surface area contributed by atoms with Gasteiger partial charge >= 0.3 is 0 Å². The molecule has 0 aliphatic carbocycles. The summed E-state index contributed by atoms with van der Waals surface area (Å²) >= 11 is 5.78. The molecular weight excluding hydrogens is 403 g/mol.